The van der Waals surface area contributed by atoms with Gasteiger partial charge >= 0.3 is 0 Å². The van der Waals surface area contributed by atoms with E-state index in [0.717, 1.165) is 58.6 Å². The van der Waals surface area contributed by atoms with Gasteiger partial charge in [-0.15, -0.1) is 0 Å². The molecule has 3 aliphatic rings. The second-order valence-corrected chi connectivity index (χ2v) is 16.1. The van der Waals surface area contributed by atoms with Crippen LogP contribution in [0.25, 0.3) is 27.1 Å². The maximum absolute atomic E-state index is 10.7. The summed E-state index contributed by atoms with van der Waals surface area (Å²) < 4.78 is 2.40. The molecule has 42 heavy (non-hydrogen) atoms. The number of rotatable bonds is 3. The standard InChI is InChI=1S/C37H37N2O2S/c1-38-13-11-22-15-29-35(18-33(22)38)42(3,4)36-19-34-23(12-14-39(34)2)16-30(36)37(29)24-9-10-27-28(17-24)32(21-41)26-8-6-5-7-25(26)31(27)20-40/h5-10,15-19,40-41H,11-14,20-21H2,1-4H3/q+1. The molecule has 0 unspecified atom stereocenters. The van der Waals surface area contributed by atoms with E-state index in [-0.39, 0.29) is 13.2 Å². The van der Waals surface area contributed by atoms with Gasteiger partial charge in [-0.25, -0.2) is 4.58 Å². The molecule has 0 spiro atoms. The van der Waals surface area contributed by atoms with Crippen molar-refractivity contribution in [2.24, 2.45) is 0 Å². The number of likely N-dealkylation sites (N-methyl/N-ethyl adjacent to an activating group) is 2. The van der Waals surface area contributed by atoms with E-state index in [4.69, 9.17) is 0 Å². The summed E-state index contributed by atoms with van der Waals surface area (Å²) in [5.74, 6) is 0. The van der Waals surface area contributed by atoms with E-state index >= 15 is 0 Å². The van der Waals surface area contributed by atoms with Gasteiger partial charge in [0.25, 0.3) is 0 Å². The molecule has 5 aromatic carbocycles. The van der Waals surface area contributed by atoms with Gasteiger partial charge in [-0.1, -0.05) is 36.4 Å². The highest BCUT2D eigenvalue weighted by Gasteiger charge is 2.34. The maximum Gasteiger partial charge on any atom is 0.204 e. The summed E-state index contributed by atoms with van der Waals surface area (Å²) in [7, 11) is 3.16. The molecule has 0 atom stereocenters. The predicted octanol–water partition coefficient (Wildman–Crippen LogP) is 4.69. The van der Waals surface area contributed by atoms with Crippen LogP contribution in [-0.2, 0) is 26.1 Å². The van der Waals surface area contributed by atoms with Crippen LogP contribution >= 0.6 is 10.0 Å². The van der Waals surface area contributed by atoms with Gasteiger partial charge in [-0.3, -0.25) is 0 Å². The third-order valence-electron chi connectivity index (χ3n) is 10.1. The van der Waals surface area contributed by atoms with E-state index in [1.54, 1.807) is 0 Å². The average molecular weight is 574 g/mol. The molecule has 8 rings (SSSR count). The Kier molecular flexibility index (Phi) is 5.69. The highest BCUT2D eigenvalue weighted by Crippen LogP contribution is 2.61. The van der Waals surface area contributed by atoms with Crippen molar-refractivity contribution in [2.45, 2.75) is 35.8 Å². The summed E-state index contributed by atoms with van der Waals surface area (Å²) >= 11 is 0. The molecule has 212 valence electrons. The van der Waals surface area contributed by atoms with Crippen LogP contribution in [0.2, 0.25) is 0 Å². The number of hydrogen-bond donors (Lipinski definition) is 2. The minimum Gasteiger partial charge on any atom is -0.392 e. The van der Waals surface area contributed by atoms with Gasteiger partial charge in [0.05, 0.1) is 13.2 Å². The Hall–Kier alpha value is -3.64. The summed E-state index contributed by atoms with van der Waals surface area (Å²) in [5.41, 5.74) is 9.90. The van der Waals surface area contributed by atoms with Crippen LogP contribution in [0.3, 0.4) is 0 Å². The maximum atomic E-state index is 10.7. The second kappa shape index (κ2) is 9.18. The molecule has 0 radical (unpaired) electrons. The first-order valence-corrected chi connectivity index (χ1v) is 17.3. The van der Waals surface area contributed by atoms with Gasteiger partial charge in [0.15, 0.2) is 0 Å². The number of nitrogens with zero attached hydrogens (tertiary/aromatic N) is 2. The fraction of sp³-hybridized carbons (Fsp3) is 0.270. The van der Waals surface area contributed by atoms with Crippen LogP contribution in [-0.4, -0.2) is 49.9 Å². The predicted molar refractivity (Wildman–Crippen MR) is 176 cm³/mol. The normalized spacial score (nSPS) is 17.4. The third kappa shape index (κ3) is 3.48. The molecule has 5 heteroatoms. The van der Waals surface area contributed by atoms with Crippen molar-refractivity contribution in [3.63, 3.8) is 0 Å². The summed E-state index contributed by atoms with van der Waals surface area (Å²) in [6, 6.07) is 24.8. The zero-order valence-electron chi connectivity index (χ0n) is 24.8. The molecule has 3 heterocycles. The van der Waals surface area contributed by atoms with Crippen LogP contribution in [0.1, 0.15) is 33.4 Å². The molecule has 0 saturated heterocycles. The SMILES string of the molecule is CN1CCc2cc3c(cc21)S(C)(C)c1cc2c(cc1=C3c1ccc3c(CO)c4ccccc4c(CO)c3c1)CC[N+]=2C. The first kappa shape index (κ1) is 26.0. The van der Waals surface area contributed by atoms with Crippen molar-refractivity contribution in [1.29, 1.82) is 0 Å². The van der Waals surface area contributed by atoms with Gasteiger partial charge in [-0.2, -0.15) is 10.0 Å². The lowest BCUT2D eigenvalue weighted by Crippen LogP contribution is -2.29. The lowest BCUT2D eigenvalue weighted by Gasteiger charge is -2.39. The Morgan fingerprint density at radius 3 is 2.24 bits per heavy atom. The molecule has 0 aromatic heterocycles. The molecular formula is C37H37N2O2S+. The van der Waals surface area contributed by atoms with Crippen molar-refractivity contribution < 1.29 is 10.2 Å². The molecule has 0 bridgehead atoms. The summed E-state index contributed by atoms with van der Waals surface area (Å²) in [4.78, 5) is 5.31. The molecule has 0 fully saturated rings. The molecule has 0 saturated carbocycles. The lowest BCUT2D eigenvalue weighted by atomic mass is 9.87. The quantitative estimate of drug-likeness (QED) is 0.243. The molecule has 5 aromatic rings. The van der Waals surface area contributed by atoms with Gasteiger partial charge < -0.3 is 15.1 Å². The highest BCUT2D eigenvalue weighted by atomic mass is 32.3. The van der Waals surface area contributed by atoms with Crippen LogP contribution in [0.5, 0.6) is 0 Å². The average Bonchev–Trinajstić information content (AvgIpc) is 3.55. The van der Waals surface area contributed by atoms with E-state index in [1.807, 2.05) is 12.1 Å². The zero-order valence-corrected chi connectivity index (χ0v) is 25.6. The molecule has 4 nitrogen and oxygen atoms in total. The molecule has 0 amide bonds. The van der Waals surface area contributed by atoms with E-state index < -0.39 is 10.0 Å². The van der Waals surface area contributed by atoms with Crippen molar-refractivity contribution >= 4 is 42.8 Å². The van der Waals surface area contributed by atoms with E-state index in [0.29, 0.717) is 0 Å². The Morgan fingerprint density at radius 2 is 1.50 bits per heavy atom. The Morgan fingerprint density at radius 1 is 0.786 bits per heavy atom. The van der Waals surface area contributed by atoms with Crippen molar-refractivity contribution in [2.75, 3.05) is 44.6 Å². The number of anilines is 1. The number of hydrogen-bond acceptors (Lipinski definition) is 3. The third-order valence-corrected chi connectivity index (χ3v) is 13.0. The topological polar surface area (TPSA) is 46.7 Å². The summed E-state index contributed by atoms with van der Waals surface area (Å²) in [6.45, 7) is 2.02. The lowest BCUT2D eigenvalue weighted by molar-refractivity contribution is 0.282. The second-order valence-electron chi connectivity index (χ2n) is 12.6. The van der Waals surface area contributed by atoms with Gasteiger partial charge in [0, 0.05) is 47.1 Å². The minimum absolute atomic E-state index is 0.0405. The first-order chi connectivity index (χ1) is 20.3. The van der Waals surface area contributed by atoms with Crippen molar-refractivity contribution in [1.82, 2.24) is 4.58 Å². The fourth-order valence-electron chi connectivity index (χ4n) is 7.82. The minimum atomic E-state index is -1.27. The summed E-state index contributed by atoms with van der Waals surface area (Å²) in [5, 5.41) is 27.9. The molecular weight excluding hydrogens is 536 g/mol. The van der Waals surface area contributed by atoms with E-state index in [9.17, 15) is 10.2 Å². The van der Waals surface area contributed by atoms with Crippen LogP contribution in [0.15, 0.2) is 76.5 Å². The number of aliphatic hydroxyl groups excluding tert-OH is 2. The number of benzene rings is 5. The molecule has 0 aliphatic carbocycles. The number of aliphatic hydroxyl groups is 2. The fourth-order valence-corrected chi connectivity index (χ4v) is 10.3. The van der Waals surface area contributed by atoms with Gasteiger partial charge in [0.1, 0.15) is 13.6 Å². The number of fused-ring (bicyclic) bond motifs is 6. The Labute approximate surface area is 248 Å². The molecule has 2 N–H and O–H groups in total. The Balaban J connectivity index is 1.52. The molecule has 3 aliphatic heterocycles. The van der Waals surface area contributed by atoms with E-state index in [2.05, 4.69) is 90.7 Å². The Bertz CT molecular complexity index is 2130. The first-order valence-electron chi connectivity index (χ1n) is 14.9. The van der Waals surface area contributed by atoms with Gasteiger partial charge in [-0.05, 0) is 103 Å². The largest absolute Gasteiger partial charge is 0.392 e. The smallest absolute Gasteiger partial charge is 0.204 e. The van der Waals surface area contributed by atoms with E-state index in [1.165, 1.54) is 53.9 Å². The van der Waals surface area contributed by atoms with Crippen LogP contribution in [0, 0.1) is 0 Å². The highest BCUT2D eigenvalue weighted by molar-refractivity contribution is 8.32. The zero-order chi connectivity index (χ0) is 28.9. The van der Waals surface area contributed by atoms with Crippen molar-refractivity contribution in [3.8, 4) is 0 Å². The van der Waals surface area contributed by atoms with Crippen LogP contribution < -0.4 is 20.1 Å². The van der Waals surface area contributed by atoms with Crippen LogP contribution in [0.4, 0.5) is 5.69 Å². The monoisotopic (exact) mass is 573 g/mol. The van der Waals surface area contributed by atoms with Crippen molar-refractivity contribution in [3.05, 3.63) is 111 Å². The van der Waals surface area contributed by atoms with Gasteiger partial charge in [0.2, 0.25) is 5.36 Å². The summed E-state index contributed by atoms with van der Waals surface area (Å²) in [6.07, 6.45) is 7.08.